The standard InChI is InChI=1S/C14H17ClFN3O/c1-14(2,17)7-6-13-18-12(19-20-13)8-9-10(15)4-3-5-11(9)16/h3-5H,6-8,17H2,1-2H3. The number of nitrogens with zero attached hydrogens (tertiary/aromatic N) is 2. The van der Waals surface area contributed by atoms with Crippen LogP contribution in [0.2, 0.25) is 5.02 Å². The van der Waals surface area contributed by atoms with Crippen LogP contribution in [0.3, 0.4) is 0 Å². The fourth-order valence-electron chi connectivity index (χ4n) is 1.75. The van der Waals surface area contributed by atoms with Crippen LogP contribution in [0, 0.1) is 5.82 Å². The fourth-order valence-corrected chi connectivity index (χ4v) is 1.98. The van der Waals surface area contributed by atoms with E-state index in [4.69, 9.17) is 21.9 Å². The van der Waals surface area contributed by atoms with Crippen LogP contribution in [-0.4, -0.2) is 15.7 Å². The summed E-state index contributed by atoms with van der Waals surface area (Å²) in [5, 5.41) is 4.20. The van der Waals surface area contributed by atoms with Crippen molar-refractivity contribution in [2.45, 2.75) is 38.6 Å². The highest BCUT2D eigenvalue weighted by atomic mass is 35.5. The normalized spacial score (nSPS) is 11.8. The fraction of sp³-hybridized carbons (Fsp3) is 0.429. The molecule has 0 saturated carbocycles. The van der Waals surface area contributed by atoms with Crippen molar-refractivity contribution in [2.24, 2.45) is 5.73 Å². The number of halogens is 2. The second-order valence-corrected chi connectivity index (χ2v) is 5.88. The Kier molecular flexibility index (Phi) is 4.40. The summed E-state index contributed by atoms with van der Waals surface area (Å²) in [6, 6.07) is 4.56. The zero-order chi connectivity index (χ0) is 14.8. The van der Waals surface area contributed by atoms with Crippen molar-refractivity contribution in [1.29, 1.82) is 0 Å². The van der Waals surface area contributed by atoms with E-state index in [2.05, 4.69) is 10.1 Å². The smallest absolute Gasteiger partial charge is 0.226 e. The number of rotatable bonds is 5. The summed E-state index contributed by atoms with van der Waals surface area (Å²) < 4.78 is 18.8. The molecule has 108 valence electrons. The first kappa shape index (κ1) is 14.9. The minimum atomic E-state index is -0.369. The lowest BCUT2D eigenvalue weighted by Gasteiger charge is -2.16. The van der Waals surface area contributed by atoms with E-state index in [9.17, 15) is 4.39 Å². The topological polar surface area (TPSA) is 64.9 Å². The number of hydrogen-bond acceptors (Lipinski definition) is 4. The van der Waals surface area contributed by atoms with Gasteiger partial charge in [0.2, 0.25) is 5.89 Å². The third kappa shape index (κ3) is 4.02. The molecule has 2 N–H and O–H groups in total. The summed E-state index contributed by atoms with van der Waals surface area (Å²) in [6.45, 7) is 3.87. The first-order chi connectivity index (χ1) is 9.35. The maximum Gasteiger partial charge on any atom is 0.226 e. The maximum atomic E-state index is 13.7. The van der Waals surface area contributed by atoms with Gasteiger partial charge in [-0.25, -0.2) is 4.39 Å². The number of benzene rings is 1. The summed E-state index contributed by atoms with van der Waals surface area (Å²) in [6.07, 6.45) is 1.54. The monoisotopic (exact) mass is 297 g/mol. The lowest BCUT2D eigenvalue weighted by Crippen LogP contribution is -2.32. The summed E-state index contributed by atoms with van der Waals surface area (Å²) >= 11 is 5.96. The molecule has 1 heterocycles. The average molecular weight is 298 g/mol. The predicted molar refractivity (Wildman–Crippen MR) is 75.1 cm³/mol. The number of nitrogens with two attached hydrogens (primary N) is 1. The summed E-state index contributed by atoms with van der Waals surface area (Å²) in [5.41, 5.74) is 5.98. The van der Waals surface area contributed by atoms with Gasteiger partial charge in [-0.3, -0.25) is 0 Å². The van der Waals surface area contributed by atoms with Crippen LogP contribution in [0.25, 0.3) is 0 Å². The first-order valence-corrected chi connectivity index (χ1v) is 6.76. The van der Waals surface area contributed by atoms with Crippen molar-refractivity contribution in [3.05, 3.63) is 46.3 Å². The average Bonchev–Trinajstić information content (AvgIpc) is 2.79. The van der Waals surface area contributed by atoms with E-state index < -0.39 is 0 Å². The molecule has 0 aliphatic rings. The van der Waals surface area contributed by atoms with E-state index in [0.717, 1.165) is 6.42 Å². The Morgan fingerprint density at radius 2 is 2.15 bits per heavy atom. The molecule has 20 heavy (non-hydrogen) atoms. The zero-order valence-electron chi connectivity index (χ0n) is 11.5. The molecule has 0 radical (unpaired) electrons. The van der Waals surface area contributed by atoms with Crippen molar-refractivity contribution >= 4 is 11.6 Å². The Balaban J connectivity index is 2.06. The zero-order valence-corrected chi connectivity index (χ0v) is 12.2. The van der Waals surface area contributed by atoms with Crippen LogP contribution in [0.1, 0.15) is 37.5 Å². The van der Waals surface area contributed by atoms with E-state index >= 15 is 0 Å². The van der Waals surface area contributed by atoms with Gasteiger partial charge in [0.05, 0.1) is 0 Å². The third-order valence-electron chi connectivity index (χ3n) is 2.89. The minimum Gasteiger partial charge on any atom is -0.339 e. The van der Waals surface area contributed by atoms with Gasteiger partial charge in [-0.15, -0.1) is 0 Å². The van der Waals surface area contributed by atoms with Gasteiger partial charge in [-0.05, 0) is 32.4 Å². The van der Waals surface area contributed by atoms with Gasteiger partial charge >= 0.3 is 0 Å². The second-order valence-electron chi connectivity index (χ2n) is 5.47. The highest BCUT2D eigenvalue weighted by Crippen LogP contribution is 2.21. The molecule has 2 rings (SSSR count). The summed E-state index contributed by atoms with van der Waals surface area (Å²) in [7, 11) is 0. The van der Waals surface area contributed by atoms with Crippen molar-refractivity contribution in [1.82, 2.24) is 10.1 Å². The van der Waals surface area contributed by atoms with E-state index in [1.807, 2.05) is 13.8 Å². The Labute approximate surface area is 122 Å². The van der Waals surface area contributed by atoms with Crippen LogP contribution in [0.4, 0.5) is 4.39 Å². The molecule has 0 atom stereocenters. The molecule has 1 aromatic heterocycles. The number of aryl methyl sites for hydroxylation is 1. The predicted octanol–water partition coefficient (Wildman–Crippen LogP) is 3.12. The second kappa shape index (κ2) is 5.89. The molecular formula is C14H17ClFN3O. The van der Waals surface area contributed by atoms with Crippen molar-refractivity contribution in [2.75, 3.05) is 0 Å². The minimum absolute atomic E-state index is 0.209. The summed E-state index contributed by atoms with van der Waals surface area (Å²) in [4.78, 5) is 4.23. The number of aromatic nitrogens is 2. The molecule has 0 unspecified atom stereocenters. The maximum absolute atomic E-state index is 13.7. The highest BCUT2D eigenvalue weighted by molar-refractivity contribution is 6.31. The van der Waals surface area contributed by atoms with Crippen LogP contribution < -0.4 is 5.73 Å². The molecule has 0 bridgehead atoms. The van der Waals surface area contributed by atoms with Crippen LogP contribution in [0.5, 0.6) is 0 Å². The third-order valence-corrected chi connectivity index (χ3v) is 3.24. The highest BCUT2D eigenvalue weighted by Gasteiger charge is 2.15. The molecule has 0 aliphatic carbocycles. The van der Waals surface area contributed by atoms with Gasteiger partial charge in [0.1, 0.15) is 5.82 Å². The Bertz CT molecular complexity index is 572. The molecule has 0 amide bonds. The summed E-state index contributed by atoms with van der Waals surface area (Å²) in [5.74, 6) is 0.555. The van der Waals surface area contributed by atoms with E-state index in [0.29, 0.717) is 28.7 Å². The van der Waals surface area contributed by atoms with Gasteiger partial charge in [0, 0.05) is 29.0 Å². The molecule has 0 aliphatic heterocycles. The Hall–Kier alpha value is -1.46. The lowest BCUT2D eigenvalue weighted by atomic mass is 10.0. The van der Waals surface area contributed by atoms with Gasteiger partial charge in [0.25, 0.3) is 0 Å². The van der Waals surface area contributed by atoms with Crippen LogP contribution in [-0.2, 0) is 12.8 Å². The first-order valence-electron chi connectivity index (χ1n) is 6.38. The number of hydrogen-bond donors (Lipinski definition) is 1. The SMILES string of the molecule is CC(C)(N)CCc1nc(Cc2c(F)cccc2Cl)no1. The van der Waals surface area contributed by atoms with Gasteiger partial charge in [-0.2, -0.15) is 4.98 Å². The lowest BCUT2D eigenvalue weighted by molar-refractivity contribution is 0.355. The largest absolute Gasteiger partial charge is 0.339 e. The van der Waals surface area contributed by atoms with Gasteiger partial charge in [-0.1, -0.05) is 22.8 Å². The molecule has 4 nitrogen and oxygen atoms in total. The molecule has 6 heteroatoms. The Morgan fingerprint density at radius 3 is 2.80 bits per heavy atom. The molecule has 0 fully saturated rings. The van der Waals surface area contributed by atoms with Crippen molar-refractivity contribution < 1.29 is 8.91 Å². The molecule has 0 saturated heterocycles. The Morgan fingerprint density at radius 1 is 1.40 bits per heavy atom. The molecule has 0 spiro atoms. The van der Waals surface area contributed by atoms with E-state index in [1.165, 1.54) is 6.07 Å². The molecular weight excluding hydrogens is 281 g/mol. The van der Waals surface area contributed by atoms with Crippen molar-refractivity contribution in [3.8, 4) is 0 Å². The van der Waals surface area contributed by atoms with Crippen LogP contribution >= 0.6 is 11.6 Å². The van der Waals surface area contributed by atoms with Gasteiger partial charge in [0.15, 0.2) is 5.82 Å². The van der Waals surface area contributed by atoms with Crippen LogP contribution in [0.15, 0.2) is 22.7 Å². The quantitative estimate of drug-likeness (QED) is 0.921. The van der Waals surface area contributed by atoms with E-state index in [-0.39, 0.29) is 17.8 Å². The van der Waals surface area contributed by atoms with Gasteiger partial charge < -0.3 is 10.3 Å². The molecule has 1 aromatic carbocycles. The van der Waals surface area contributed by atoms with E-state index in [1.54, 1.807) is 12.1 Å². The van der Waals surface area contributed by atoms with Crippen molar-refractivity contribution in [3.63, 3.8) is 0 Å². The molecule has 2 aromatic rings.